The summed E-state index contributed by atoms with van der Waals surface area (Å²) in [4.78, 5) is 3.66. The summed E-state index contributed by atoms with van der Waals surface area (Å²) in [6, 6.07) is 2.65. The maximum absolute atomic E-state index is 10.8. The topological polar surface area (TPSA) is 23.5 Å². The largest absolute Gasteiger partial charge is 0.384 e. The van der Waals surface area contributed by atoms with Gasteiger partial charge in [0.2, 0.25) is 0 Å². The van der Waals surface area contributed by atoms with Crippen molar-refractivity contribution in [3.63, 3.8) is 0 Å². The number of piperidine rings is 1. The monoisotopic (exact) mass is 301 g/mol. The molecule has 2 saturated heterocycles. The number of rotatable bonds is 1. The molecule has 0 bridgehead atoms. The number of nitrogens with zero attached hydrogens (tertiary/aromatic N) is 1. The molecule has 3 heterocycles. The summed E-state index contributed by atoms with van der Waals surface area (Å²) in [5, 5.41) is 12.9. The molecule has 0 aromatic carbocycles. The standard InChI is InChI=1S/C12H16BrNOS/c13-10-3-7-16-11(10)12(15)4-6-14-5-1-2-9(14)8-12/h3,7,9,15H,1-2,4-6,8H2. The van der Waals surface area contributed by atoms with E-state index in [2.05, 4.69) is 26.2 Å². The Morgan fingerprint density at radius 2 is 2.38 bits per heavy atom. The van der Waals surface area contributed by atoms with E-state index in [4.69, 9.17) is 0 Å². The molecule has 1 aromatic rings. The van der Waals surface area contributed by atoms with Crippen molar-refractivity contribution in [2.24, 2.45) is 0 Å². The summed E-state index contributed by atoms with van der Waals surface area (Å²) in [5.74, 6) is 0. The van der Waals surface area contributed by atoms with E-state index in [1.807, 2.05) is 6.07 Å². The van der Waals surface area contributed by atoms with E-state index in [9.17, 15) is 5.11 Å². The maximum atomic E-state index is 10.8. The number of hydrogen-bond donors (Lipinski definition) is 1. The molecule has 0 aliphatic carbocycles. The van der Waals surface area contributed by atoms with Crippen molar-refractivity contribution in [2.75, 3.05) is 13.1 Å². The van der Waals surface area contributed by atoms with Gasteiger partial charge in [0.1, 0.15) is 5.60 Å². The zero-order valence-corrected chi connectivity index (χ0v) is 11.6. The van der Waals surface area contributed by atoms with Gasteiger partial charge in [0.05, 0.1) is 4.88 Å². The fourth-order valence-corrected chi connectivity index (χ4v) is 4.96. The minimum Gasteiger partial charge on any atom is -0.384 e. The van der Waals surface area contributed by atoms with Crippen LogP contribution in [0.15, 0.2) is 15.9 Å². The Labute approximate surface area is 108 Å². The molecule has 1 aromatic heterocycles. The van der Waals surface area contributed by atoms with Crippen LogP contribution in [0.3, 0.4) is 0 Å². The molecule has 16 heavy (non-hydrogen) atoms. The third-order valence-electron chi connectivity index (χ3n) is 3.92. The second kappa shape index (κ2) is 4.09. The molecular formula is C12H16BrNOS. The maximum Gasteiger partial charge on any atom is 0.103 e. The highest BCUT2D eigenvalue weighted by molar-refractivity contribution is 9.10. The lowest BCUT2D eigenvalue weighted by Crippen LogP contribution is -2.45. The molecule has 3 rings (SSSR count). The van der Waals surface area contributed by atoms with Crippen LogP contribution in [0.2, 0.25) is 0 Å². The van der Waals surface area contributed by atoms with E-state index >= 15 is 0 Å². The average Bonchev–Trinajstić information content (AvgIpc) is 2.85. The van der Waals surface area contributed by atoms with Crippen LogP contribution in [0, 0.1) is 0 Å². The van der Waals surface area contributed by atoms with Gasteiger partial charge in [-0.2, -0.15) is 0 Å². The van der Waals surface area contributed by atoms with Crippen molar-refractivity contribution in [3.8, 4) is 0 Å². The quantitative estimate of drug-likeness (QED) is 0.862. The molecule has 88 valence electrons. The van der Waals surface area contributed by atoms with Gasteiger partial charge in [-0.25, -0.2) is 0 Å². The van der Waals surface area contributed by atoms with Crippen LogP contribution in [0.4, 0.5) is 0 Å². The summed E-state index contributed by atoms with van der Waals surface area (Å²) < 4.78 is 1.08. The molecule has 2 aliphatic heterocycles. The SMILES string of the molecule is OC1(c2sccc2Br)CCN2CCCC2C1. The van der Waals surface area contributed by atoms with E-state index < -0.39 is 5.60 Å². The van der Waals surface area contributed by atoms with E-state index in [1.165, 1.54) is 19.4 Å². The summed E-state index contributed by atoms with van der Waals surface area (Å²) in [6.07, 6.45) is 4.34. The first-order valence-electron chi connectivity index (χ1n) is 5.89. The van der Waals surface area contributed by atoms with Gasteiger partial charge in [0.25, 0.3) is 0 Å². The Balaban J connectivity index is 1.86. The minimum atomic E-state index is -0.585. The first-order chi connectivity index (χ1) is 7.69. The predicted molar refractivity (Wildman–Crippen MR) is 69.7 cm³/mol. The van der Waals surface area contributed by atoms with E-state index in [-0.39, 0.29) is 0 Å². The highest BCUT2D eigenvalue weighted by Gasteiger charge is 2.42. The Bertz CT molecular complexity index is 394. The Hall–Kier alpha value is 0.1000. The van der Waals surface area contributed by atoms with Crippen molar-refractivity contribution >= 4 is 27.3 Å². The van der Waals surface area contributed by atoms with Crippen LogP contribution < -0.4 is 0 Å². The highest BCUT2D eigenvalue weighted by Crippen LogP contribution is 2.44. The molecule has 0 spiro atoms. The van der Waals surface area contributed by atoms with Gasteiger partial charge < -0.3 is 10.0 Å². The molecule has 4 heteroatoms. The third kappa shape index (κ3) is 1.76. The second-order valence-electron chi connectivity index (χ2n) is 4.92. The van der Waals surface area contributed by atoms with Crippen molar-refractivity contribution in [2.45, 2.75) is 37.3 Å². The molecule has 2 nitrogen and oxygen atoms in total. The smallest absolute Gasteiger partial charge is 0.103 e. The van der Waals surface area contributed by atoms with Gasteiger partial charge in [-0.1, -0.05) is 0 Å². The van der Waals surface area contributed by atoms with Gasteiger partial charge in [0.15, 0.2) is 0 Å². The first kappa shape index (κ1) is 11.2. The molecule has 2 aliphatic rings. The molecule has 1 N–H and O–H groups in total. The highest BCUT2D eigenvalue weighted by atomic mass is 79.9. The van der Waals surface area contributed by atoms with Gasteiger partial charge in [-0.05, 0) is 59.6 Å². The number of halogens is 1. The number of aliphatic hydroxyl groups is 1. The molecule has 2 unspecified atom stereocenters. The van der Waals surface area contributed by atoms with Crippen LogP contribution in [0.25, 0.3) is 0 Å². The molecular weight excluding hydrogens is 286 g/mol. The van der Waals surface area contributed by atoms with Crippen LogP contribution in [0.1, 0.15) is 30.6 Å². The zero-order chi connectivity index (χ0) is 11.2. The summed E-state index contributed by atoms with van der Waals surface area (Å²) in [5.41, 5.74) is -0.585. The number of thiophene rings is 1. The van der Waals surface area contributed by atoms with Gasteiger partial charge in [-0.15, -0.1) is 11.3 Å². The van der Waals surface area contributed by atoms with Crippen LogP contribution >= 0.6 is 27.3 Å². The lowest BCUT2D eigenvalue weighted by molar-refractivity contribution is -0.0385. The minimum absolute atomic E-state index is 0.585. The molecule has 2 fully saturated rings. The number of hydrogen-bond acceptors (Lipinski definition) is 3. The molecule has 0 saturated carbocycles. The van der Waals surface area contributed by atoms with E-state index in [1.54, 1.807) is 11.3 Å². The fraction of sp³-hybridized carbons (Fsp3) is 0.667. The lowest BCUT2D eigenvalue weighted by Gasteiger charge is -2.40. The summed E-state index contributed by atoms with van der Waals surface area (Å²) in [6.45, 7) is 2.28. The summed E-state index contributed by atoms with van der Waals surface area (Å²) >= 11 is 5.22. The van der Waals surface area contributed by atoms with Gasteiger partial charge in [-0.3, -0.25) is 0 Å². The average molecular weight is 302 g/mol. The van der Waals surface area contributed by atoms with E-state index in [0.29, 0.717) is 6.04 Å². The lowest BCUT2D eigenvalue weighted by atomic mass is 9.85. The number of fused-ring (bicyclic) bond motifs is 1. The Morgan fingerprint density at radius 1 is 1.50 bits per heavy atom. The molecule has 0 amide bonds. The Morgan fingerprint density at radius 3 is 3.12 bits per heavy atom. The van der Waals surface area contributed by atoms with Crippen LogP contribution in [0.5, 0.6) is 0 Å². The van der Waals surface area contributed by atoms with Crippen molar-refractivity contribution in [1.82, 2.24) is 4.90 Å². The molecule has 2 atom stereocenters. The third-order valence-corrected chi connectivity index (χ3v) is 5.96. The zero-order valence-electron chi connectivity index (χ0n) is 9.16. The van der Waals surface area contributed by atoms with Gasteiger partial charge in [0, 0.05) is 17.1 Å². The molecule has 0 radical (unpaired) electrons. The van der Waals surface area contributed by atoms with Crippen molar-refractivity contribution in [1.29, 1.82) is 0 Å². The predicted octanol–water partition coefficient (Wildman–Crippen LogP) is 2.96. The fourth-order valence-electron chi connectivity index (χ4n) is 3.07. The van der Waals surface area contributed by atoms with Crippen molar-refractivity contribution in [3.05, 3.63) is 20.8 Å². The van der Waals surface area contributed by atoms with E-state index in [0.717, 1.165) is 28.7 Å². The second-order valence-corrected chi connectivity index (χ2v) is 6.69. The Kier molecular flexibility index (Phi) is 2.86. The first-order valence-corrected chi connectivity index (χ1v) is 7.56. The van der Waals surface area contributed by atoms with Crippen LogP contribution in [-0.2, 0) is 5.60 Å². The van der Waals surface area contributed by atoms with Crippen LogP contribution in [-0.4, -0.2) is 29.1 Å². The van der Waals surface area contributed by atoms with Crippen molar-refractivity contribution < 1.29 is 5.11 Å². The van der Waals surface area contributed by atoms with Gasteiger partial charge >= 0.3 is 0 Å². The summed E-state index contributed by atoms with van der Waals surface area (Å²) in [7, 11) is 0. The normalized spacial score (nSPS) is 35.2.